The number of aromatic amines is 1. The highest BCUT2D eigenvalue weighted by atomic mass is 79.9. The predicted octanol–water partition coefficient (Wildman–Crippen LogP) is 6.25. The third-order valence-electron chi connectivity index (χ3n) is 4.29. The standard InChI is InChI=1S/C15H10N2O2S2.C5H5NS.C4BBr2O2.CH4/c18-10-9-11(19)15(21-13-6-2-4-8-17-13)14(10)20-12-5-1-3-7-16-12;7-5-3-1-2-4-6-5;6-1-2(7)4(9)5-3(1)8;/h1-8H,9H2;1-4H,(H,6,7);;1H4. The molecule has 0 spiro atoms. The van der Waals surface area contributed by atoms with Crippen molar-refractivity contribution in [1.82, 2.24) is 15.0 Å². The van der Waals surface area contributed by atoms with E-state index in [1.54, 1.807) is 12.4 Å². The van der Waals surface area contributed by atoms with Crippen LogP contribution in [-0.4, -0.2) is 45.2 Å². The van der Waals surface area contributed by atoms with Crippen molar-refractivity contribution in [2.75, 3.05) is 0 Å². The summed E-state index contributed by atoms with van der Waals surface area (Å²) in [4.78, 5) is 57.4. The Morgan fingerprint density at radius 3 is 1.53 bits per heavy atom. The second-order valence-corrected chi connectivity index (χ2v) is 11.0. The first kappa shape index (κ1) is 31.8. The van der Waals surface area contributed by atoms with E-state index >= 15 is 0 Å². The average molecular weight is 692 g/mol. The maximum Gasteiger partial charge on any atom is 0.305 e. The van der Waals surface area contributed by atoms with E-state index < -0.39 is 0 Å². The number of aromatic nitrogens is 3. The van der Waals surface area contributed by atoms with Crippen LogP contribution in [-0.2, 0) is 19.2 Å². The third kappa shape index (κ3) is 9.39. The fourth-order valence-corrected chi connectivity index (χ4v) is 5.37. The molecule has 0 aromatic carbocycles. The summed E-state index contributed by atoms with van der Waals surface area (Å²) >= 11 is 13.1. The molecule has 5 rings (SSSR count). The van der Waals surface area contributed by atoms with E-state index in [0.717, 1.165) is 11.9 Å². The molecular weight excluding hydrogens is 673 g/mol. The molecular formula is C25H19BBr2N3O4S3. The molecule has 1 aliphatic heterocycles. The van der Waals surface area contributed by atoms with Crippen LogP contribution in [0.25, 0.3) is 0 Å². The molecule has 3 aromatic heterocycles. The number of nitrogens with one attached hydrogen (secondary N) is 1. The molecule has 0 saturated heterocycles. The quantitative estimate of drug-likeness (QED) is 0.193. The zero-order valence-electron chi connectivity index (χ0n) is 18.7. The van der Waals surface area contributed by atoms with Gasteiger partial charge in [0.25, 0.3) is 0 Å². The van der Waals surface area contributed by atoms with Crippen LogP contribution in [0.5, 0.6) is 0 Å². The summed E-state index contributed by atoms with van der Waals surface area (Å²) in [5, 5.41) is 1.41. The van der Waals surface area contributed by atoms with Gasteiger partial charge in [0.05, 0.1) is 25.2 Å². The van der Waals surface area contributed by atoms with Gasteiger partial charge in [-0.15, -0.1) is 0 Å². The predicted molar refractivity (Wildman–Crippen MR) is 161 cm³/mol. The Bertz CT molecular complexity index is 1350. The zero-order chi connectivity index (χ0) is 26.8. The molecule has 38 heavy (non-hydrogen) atoms. The van der Waals surface area contributed by atoms with Gasteiger partial charge in [0.2, 0.25) is 0 Å². The SMILES string of the molecule is C.O=C1CC(=O)C(Sc2ccccn2)=C1Sc1ccccn1.O=C1[B]C(=O)C(Br)=C1Br.S=c1cccc[nH]1. The van der Waals surface area contributed by atoms with Crippen LogP contribution in [0, 0.1) is 4.64 Å². The Labute approximate surface area is 250 Å². The molecule has 3 aromatic rings. The number of H-pyrrole nitrogens is 1. The highest BCUT2D eigenvalue weighted by Crippen LogP contribution is 2.41. The lowest BCUT2D eigenvalue weighted by Crippen LogP contribution is -2.09. The van der Waals surface area contributed by atoms with Crippen molar-refractivity contribution in [3.8, 4) is 0 Å². The lowest BCUT2D eigenvalue weighted by molar-refractivity contribution is -0.120. The van der Waals surface area contributed by atoms with E-state index in [9.17, 15) is 19.2 Å². The molecule has 0 bridgehead atoms. The smallest absolute Gasteiger partial charge is 0.305 e. The number of pyridine rings is 3. The first-order valence-corrected chi connectivity index (χ1v) is 14.0. The Hall–Kier alpha value is -2.45. The molecule has 0 saturated carbocycles. The minimum absolute atomic E-state index is 0. The lowest BCUT2D eigenvalue weighted by atomic mass is 9.74. The summed E-state index contributed by atoms with van der Waals surface area (Å²) in [5.41, 5.74) is -0.543. The highest BCUT2D eigenvalue weighted by Gasteiger charge is 2.32. The van der Waals surface area contributed by atoms with Crippen LogP contribution in [0.2, 0.25) is 0 Å². The summed E-state index contributed by atoms with van der Waals surface area (Å²) in [6.07, 6.45) is 5.07. The van der Waals surface area contributed by atoms with E-state index in [2.05, 4.69) is 46.8 Å². The van der Waals surface area contributed by atoms with Crippen LogP contribution in [0.15, 0.2) is 102 Å². The van der Waals surface area contributed by atoms with E-state index in [1.807, 2.05) is 60.8 Å². The third-order valence-corrected chi connectivity index (χ3v) is 8.95. The van der Waals surface area contributed by atoms with Gasteiger partial charge >= 0.3 is 7.28 Å². The maximum absolute atomic E-state index is 12.0. The van der Waals surface area contributed by atoms with Crippen molar-refractivity contribution in [3.63, 3.8) is 0 Å². The minimum Gasteiger partial charge on any atom is -0.353 e. The summed E-state index contributed by atoms with van der Waals surface area (Å²) in [6.45, 7) is 0. The van der Waals surface area contributed by atoms with Crippen LogP contribution in [0.4, 0.5) is 0 Å². The van der Waals surface area contributed by atoms with E-state index in [0.29, 0.717) is 28.8 Å². The number of carbonyl (C=O) groups is 4. The van der Waals surface area contributed by atoms with Crippen LogP contribution in [0.3, 0.4) is 0 Å². The lowest BCUT2D eigenvalue weighted by Gasteiger charge is -2.04. The Morgan fingerprint density at radius 2 is 1.24 bits per heavy atom. The van der Waals surface area contributed by atoms with Gasteiger partial charge in [0, 0.05) is 18.6 Å². The van der Waals surface area contributed by atoms with Crippen molar-refractivity contribution in [1.29, 1.82) is 0 Å². The van der Waals surface area contributed by atoms with Crippen LogP contribution in [0.1, 0.15) is 13.8 Å². The number of ketones is 2. The first-order chi connectivity index (χ1) is 17.8. The summed E-state index contributed by atoms with van der Waals surface area (Å²) in [7, 11) is 1.04. The van der Waals surface area contributed by atoms with E-state index in [-0.39, 0.29) is 36.8 Å². The van der Waals surface area contributed by atoms with Gasteiger partial charge in [-0.1, -0.05) is 61.4 Å². The van der Waals surface area contributed by atoms with Crippen molar-refractivity contribution < 1.29 is 19.2 Å². The Morgan fingerprint density at radius 1 is 0.763 bits per heavy atom. The molecule has 1 radical (unpaired) electrons. The fraction of sp³-hybridized carbons (Fsp3) is 0.0800. The maximum atomic E-state index is 12.0. The molecule has 7 nitrogen and oxygen atoms in total. The molecule has 193 valence electrons. The normalized spacial score (nSPS) is 14.3. The van der Waals surface area contributed by atoms with Crippen molar-refractivity contribution in [3.05, 3.63) is 96.6 Å². The summed E-state index contributed by atoms with van der Waals surface area (Å²) in [6, 6.07) is 16.6. The van der Waals surface area contributed by atoms with Crippen LogP contribution >= 0.6 is 67.6 Å². The van der Waals surface area contributed by atoms with Gasteiger partial charge in [-0.3, -0.25) is 9.59 Å². The number of hydrogen-bond donors (Lipinski definition) is 1. The van der Waals surface area contributed by atoms with Gasteiger partial charge in [0.1, 0.15) is 26.1 Å². The second-order valence-electron chi connectivity index (χ2n) is 6.95. The first-order valence-electron chi connectivity index (χ1n) is 10.4. The molecule has 0 fully saturated rings. The Kier molecular flexibility index (Phi) is 13.2. The number of hydrogen-bond acceptors (Lipinski definition) is 9. The number of rotatable bonds is 4. The zero-order valence-corrected chi connectivity index (χ0v) is 24.3. The van der Waals surface area contributed by atoms with Crippen molar-refractivity contribution in [2.45, 2.75) is 23.9 Å². The van der Waals surface area contributed by atoms with Crippen molar-refractivity contribution in [2.24, 2.45) is 0 Å². The number of carbonyl (C=O) groups excluding carboxylic acids is 4. The topological polar surface area (TPSA) is 110 Å². The largest absolute Gasteiger partial charge is 0.353 e. The molecule has 1 N–H and O–H groups in total. The van der Waals surface area contributed by atoms with E-state index in [1.165, 1.54) is 23.5 Å². The molecule has 4 heterocycles. The number of allylic oxidation sites excluding steroid dienone is 4. The molecule has 2 aliphatic rings. The average Bonchev–Trinajstić information content (AvgIpc) is 3.29. The van der Waals surface area contributed by atoms with Gasteiger partial charge in [-0.25, -0.2) is 9.97 Å². The number of thioether (sulfide) groups is 2. The number of Topliss-reactive ketones (excluding diaryl/α,β-unsaturated/α-hetero) is 2. The van der Waals surface area contributed by atoms with E-state index in [4.69, 9.17) is 12.2 Å². The van der Waals surface area contributed by atoms with Crippen LogP contribution < -0.4 is 0 Å². The second kappa shape index (κ2) is 15.8. The number of nitrogens with zero attached hydrogens (tertiary/aromatic N) is 2. The highest BCUT2D eigenvalue weighted by molar-refractivity contribution is 9.14. The van der Waals surface area contributed by atoms with Crippen molar-refractivity contribution >= 4 is 97.8 Å². The summed E-state index contributed by atoms with van der Waals surface area (Å²) < 4.78 is 1.41. The molecule has 0 unspecified atom stereocenters. The molecule has 0 amide bonds. The molecule has 13 heteroatoms. The Balaban J connectivity index is 0.000000246. The van der Waals surface area contributed by atoms with Gasteiger partial charge in [-0.05, 0) is 68.3 Å². The monoisotopic (exact) mass is 690 g/mol. The minimum atomic E-state index is -0.271. The fourth-order valence-electron chi connectivity index (χ4n) is 2.63. The van der Waals surface area contributed by atoms with Gasteiger partial charge in [0.15, 0.2) is 11.6 Å². The molecule has 0 atom stereocenters. The van der Waals surface area contributed by atoms with Gasteiger partial charge < -0.3 is 14.6 Å². The molecule has 1 aliphatic carbocycles. The number of halogens is 2. The van der Waals surface area contributed by atoms with Gasteiger partial charge in [-0.2, -0.15) is 0 Å². The summed E-state index contributed by atoms with van der Waals surface area (Å²) in [5.74, 6) is -0.289.